The lowest BCUT2D eigenvalue weighted by Gasteiger charge is -2.05. The number of terminal acetylenes is 1. The van der Waals surface area contributed by atoms with Crippen LogP contribution in [-0.4, -0.2) is 4.98 Å². The molecule has 29 heavy (non-hydrogen) atoms. The van der Waals surface area contributed by atoms with Crippen LogP contribution in [0.4, 0.5) is 0 Å². The minimum Gasteiger partial charge on any atom is -0.245 e. The molecular weight excluding hydrogens is 370 g/mol. The fraction of sp³-hybridized carbons (Fsp3) is 0.444. The Hall–Kier alpha value is -2.11. The third-order valence-electron chi connectivity index (χ3n) is 4.27. The molecule has 2 aromatic rings. The van der Waals surface area contributed by atoms with Gasteiger partial charge in [-0.3, -0.25) is 0 Å². The van der Waals surface area contributed by atoms with E-state index in [0.717, 1.165) is 17.9 Å². The number of hydrogen-bond acceptors (Lipinski definition) is 2. The molecule has 0 spiro atoms. The Labute approximate surface area is 184 Å². The molecule has 0 aliphatic heterocycles. The topological polar surface area (TPSA) is 12.9 Å². The molecule has 0 radical (unpaired) electrons. The molecule has 0 saturated heterocycles. The maximum atomic E-state index is 4.29. The highest BCUT2D eigenvalue weighted by atomic mass is 32.1. The number of rotatable bonds is 4. The predicted molar refractivity (Wildman–Crippen MR) is 137 cm³/mol. The summed E-state index contributed by atoms with van der Waals surface area (Å²) in [7, 11) is 0. The second kappa shape index (κ2) is 16.8. The highest BCUT2D eigenvalue weighted by Crippen LogP contribution is 2.25. The van der Waals surface area contributed by atoms with Crippen molar-refractivity contribution >= 4 is 27.1 Å². The van der Waals surface area contributed by atoms with Crippen molar-refractivity contribution < 1.29 is 0 Å². The summed E-state index contributed by atoms with van der Waals surface area (Å²) in [4.78, 5) is 4.29. The lowest BCUT2D eigenvalue weighted by atomic mass is 10.0. The predicted octanol–water partition coefficient (Wildman–Crippen LogP) is 9.33. The fourth-order valence-corrected chi connectivity index (χ4v) is 3.01. The molecule has 2 heteroatoms. The van der Waals surface area contributed by atoms with E-state index in [4.69, 9.17) is 0 Å². The van der Waals surface area contributed by atoms with E-state index in [0.29, 0.717) is 0 Å². The summed E-state index contributed by atoms with van der Waals surface area (Å²) >= 11 is 1.70. The molecule has 0 atom stereocenters. The summed E-state index contributed by atoms with van der Waals surface area (Å²) in [6.07, 6.45) is 12.4. The van der Waals surface area contributed by atoms with Gasteiger partial charge in [-0.05, 0) is 83.6 Å². The largest absolute Gasteiger partial charge is 0.245 e. The Bertz CT molecular complexity index is 796. The quantitative estimate of drug-likeness (QED) is 0.360. The van der Waals surface area contributed by atoms with E-state index in [1.165, 1.54) is 39.0 Å². The Morgan fingerprint density at radius 2 is 1.69 bits per heavy atom. The van der Waals surface area contributed by atoms with Gasteiger partial charge in [-0.2, -0.15) is 0 Å². The first-order valence-electron chi connectivity index (χ1n) is 10.2. The molecule has 0 saturated carbocycles. The normalized spacial score (nSPS) is 10.3. The average Bonchev–Trinajstić information content (AvgIpc) is 3.16. The molecule has 1 aromatic carbocycles. The zero-order valence-corrected chi connectivity index (χ0v) is 20.9. The van der Waals surface area contributed by atoms with Gasteiger partial charge in [0.05, 0.1) is 15.7 Å². The highest BCUT2D eigenvalue weighted by Gasteiger charge is 2.02. The number of benzene rings is 1. The molecule has 0 bridgehead atoms. The molecular formula is C27H41NS. The minimum atomic E-state index is 0.775. The third-order valence-corrected chi connectivity index (χ3v) is 5.06. The van der Waals surface area contributed by atoms with Crippen LogP contribution in [0.15, 0.2) is 53.1 Å². The third kappa shape index (κ3) is 13.7. The van der Waals surface area contributed by atoms with Gasteiger partial charge in [0.25, 0.3) is 0 Å². The van der Waals surface area contributed by atoms with Crippen LogP contribution in [0.25, 0.3) is 15.8 Å². The molecule has 1 heterocycles. The van der Waals surface area contributed by atoms with E-state index < -0.39 is 0 Å². The van der Waals surface area contributed by atoms with Gasteiger partial charge in [0.15, 0.2) is 0 Å². The van der Waals surface area contributed by atoms with Crippen LogP contribution in [0.3, 0.4) is 0 Å². The first-order valence-corrected chi connectivity index (χ1v) is 11.1. The van der Waals surface area contributed by atoms with Gasteiger partial charge in [0.2, 0.25) is 0 Å². The molecule has 0 aliphatic carbocycles. The Balaban J connectivity index is 0. The number of nitrogens with zero attached hydrogens (tertiary/aromatic N) is 1. The molecule has 0 unspecified atom stereocenters. The van der Waals surface area contributed by atoms with Gasteiger partial charge in [-0.1, -0.05) is 49.6 Å². The van der Waals surface area contributed by atoms with Crippen molar-refractivity contribution in [2.24, 2.45) is 5.92 Å². The molecule has 0 aliphatic rings. The van der Waals surface area contributed by atoms with Gasteiger partial charge < -0.3 is 0 Å². The maximum absolute atomic E-state index is 4.29. The lowest BCUT2D eigenvalue weighted by molar-refractivity contribution is 0.644. The zero-order valence-electron chi connectivity index (χ0n) is 20.1. The Kier molecular flexibility index (Phi) is 16.9. The second-order valence-corrected chi connectivity index (χ2v) is 8.60. The van der Waals surface area contributed by atoms with Crippen molar-refractivity contribution in [2.45, 2.75) is 75.2 Å². The first-order chi connectivity index (χ1) is 13.6. The van der Waals surface area contributed by atoms with Crippen molar-refractivity contribution in [1.82, 2.24) is 4.98 Å². The van der Waals surface area contributed by atoms with Crippen LogP contribution in [0.5, 0.6) is 0 Å². The molecule has 1 aromatic heterocycles. The number of allylic oxidation sites excluding steroid dienone is 5. The van der Waals surface area contributed by atoms with Crippen LogP contribution >= 0.6 is 11.3 Å². The van der Waals surface area contributed by atoms with Crippen molar-refractivity contribution in [2.75, 3.05) is 0 Å². The van der Waals surface area contributed by atoms with E-state index in [-0.39, 0.29) is 0 Å². The second-order valence-electron chi connectivity index (χ2n) is 7.71. The summed E-state index contributed by atoms with van der Waals surface area (Å²) in [6, 6.07) is 6.51. The number of aromatic nitrogens is 1. The molecule has 0 amide bonds. The van der Waals surface area contributed by atoms with E-state index in [9.17, 15) is 0 Å². The molecule has 0 N–H and O–H groups in total. The summed E-state index contributed by atoms with van der Waals surface area (Å²) in [5, 5.41) is 0. The SMILES string of the molecule is C#C.C=C(C)CC(C)C.CC/C(C)=C(/C)c1ccc2ncsc2c1.CC=C(C)C. The molecule has 0 fully saturated rings. The number of fused-ring (bicyclic) bond motifs is 1. The van der Waals surface area contributed by atoms with Crippen molar-refractivity contribution in [3.05, 3.63) is 58.6 Å². The van der Waals surface area contributed by atoms with Crippen molar-refractivity contribution in [3.63, 3.8) is 0 Å². The van der Waals surface area contributed by atoms with Crippen LogP contribution in [0.2, 0.25) is 0 Å². The van der Waals surface area contributed by atoms with Crippen LogP contribution in [0.1, 0.15) is 80.7 Å². The monoisotopic (exact) mass is 411 g/mol. The fourth-order valence-electron chi connectivity index (χ4n) is 2.30. The summed E-state index contributed by atoms with van der Waals surface area (Å²) in [5.41, 5.74) is 9.85. The van der Waals surface area contributed by atoms with E-state index in [1.54, 1.807) is 11.3 Å². The average molecular weight is 412 g/mol. The lowest BCUT2D eigenvalue weighted by Crippen LogP contribution is -1.84. The van der Waals surface area contributed by atoms with Crippen LogP contribution in [0, 0.1) is 18.8 Å². The van der Waals surface area contributed by atoms with Gasteiger partial charge in [0.1, 0.15) is 0 Å². The standard InChI is InChI=1S/C13H15NS.C7H14.C5H10.C2H2/c1-4-9(2)10(3)11-5-6-12-13(7-11)15-8-14-12;1-6(2)5-7(3)4;1-4-5(2)3;1-2/h5-8H,4H2,1-3H3;7H,1,5H2,2-4H3;4H,1-3H3;1-2H/b10-9-;;;. The summed E-state index contributed by atoms with van der Waals surface area (Å²) in [6.45, 7) is 23.1. The van der Waals surface area contributed by atoms with Crippen molar-refractivity contribution in [3.8, 4) is 12.8 Å². The van der Waals surface area contributed by atoms with E-state index in [2.05, 4.69) is 104 Å². The highest BCUT2D eigenvalue weighted by molar-refractivity contribution is 7.16. The molecule has 1 nitrogen and oxygen atoms in total. The molecule has 160 valence electrons. The summed E-state index contributed by atoms with van der Waals surface area (Å²) in [5.74, 6) is 0.775. The van der Waals surface area contributed by atoms with Crippen molar-refractivity contribution in [1.29, 1.82) is 0 Å². The number of thiazole rings is 1. The van der Waals surface area contributed by atoms with E-state index >= 15 is 0 Å². The van der Waals surface area contributed by atoms with Crippen LogP contribution < -0.4 is 0 Å². The minimum absolute atomic E-state index is 0.775. The number of hydrogen-bond donors (Lipinski definition) is 0. The maximum Gasteiger partial charge on any atom is 0.0812 e. The van der Waals surface area contributed by atoms with Gasteiger partial charge >= 0.3 is 0 Å². The van der Waals surface area contributed by atoms with Gasteiger partial charge in [0, 0.05) is 0 Å². The van der Waals surface area contributed by atoms with Gasteiger partial charge in [-0.25, -0.2) is 4.98 Å². The first kappa shape index (κ1) is 29.1. The Morgan fingerprint density at radius 1 is 1.14 bits per heavy atom. The van der Waals surface area contributed by atoms with Gasteiger partial charge in [-0.15, -0.1) is 30.8 Å². The summed E-state index contributed by atoms with van der Waals surface area (Å²) < 4.78 is 1.27. The molecule has 2 rings (SSSR count). The van der Waals surface area contributed by atoms with E-state index in [1.807, 2.05) is 12.4 Å². The van der Waals surface area contributed by atoms with Crippen LogP contribution in [-0.2, 0) is 0 Å². The zero-order chi connectivity index (χ0) is 23.0. The Morgan fingerprint density at radius 3 is 2.07 bits per heavy atom. The smallest absolute Gasteiger partial charge is 0.0812 e.